The van der Waals surface area contributed by atoms with Crippen LogP contribution < -0.4 is 10.6 Å². The number of aromatic nitrogens is 3. The molecule has 2 N–H and O–H groups in total. The Labute approximate surface area is 132 Å². The van der Waals surface area contributed by atoms with Crippen LogP contribution in [0.25, 0.3) is 11.3 Å². The van der Waals surface area contributed by atoms with Gasteiger partial charge in [0.1, 0.15) is 10.8 Å². The van der Waals surface area contributed by atoms with Crippen LogP contribution in [0.4, 0.5) is 9.80 Å². The number of amides is 2. The molecule has 3 rings (SSSR count). The minimum atomic E-state index is -0.272. The highest BCUT2D eigenvalue weighted by Gasteiger charge is 2.08. The Balaban J connectivity index is 1.58. The molecule has 112 valence electrons. The molecule has 0 spiro atoms. The summed E-state index contributed by atoms with van der Waals surface area (Å²) in [5.74, 6) is 0.796. The van der Waals surface area contributed by atoms with Crippen LogP contribution in [0, 0.1) is 0 Å². The number of imidazole rings is 1. The highest BCUT2D eigenvalue weighted by molar-refractivity contribution is 7.10. The average Bonchev–Trinajstić information content (AvgIpc) is 3.15. The summed E-state index contributed by atoms with van der Waals surface area (Å²) in [5, 5.41) is 6.26. The van der Waals surface area contributed by atoms with Crippen molar-refractivity contribution < 1.29 is 4.79 Å². The monoisotopic (exact) mass is 313 g/mol. The molecular formula is C15H15N5OS. The third kappa shape index (κ3) is 3.32. The molecule has 7 heteroatoms. The van der Waals surface area contributed by atoms with Gasteiger partial charge in [-0.25, -0.2) is 9.78 Å². The fourth-order valence-electron chi connectivity index (χ4n) is 1.96. The lowest BCUT2D eigenvalue weighted by molar-refractivity contribution is 0.251. The second kappa shape index (κ2) is 6.40. The van der Waals surface area contributed by atoms with Crippen molar-refractivity contribution in [3.63, 3.8) is 0 Å². The molecular weight excluding hydrogens is 298 g/mol. The lowest BCUT2D eigenvalue weighted by Crippen LogP contribution is -2.28. The smallest absolute Gasteiger partial charge is 0.320 e. The molecule has 0 aliphatic rings. The van der Waals surface area contributed by atoms with Crippen LogP contribution in [0.15, 0.2) is 48.8 Å². The summed E-state index contributed by atoms with van der Waals surface area (Å²) in [5.41, 5.74) is 1.88. The molecule has 2 heterocycles. The van der Waals surface area contributed by atoms with E-state index in [0.717, 1.165) is 17.1 Å². The molecule has 0 saturated heterocycles. The summed E-state index contributed by atoms with van der Waals surface area (Å²) in [7, 11) is 1.89. The molecule has 22 heavy (non-hydrogen) atoms. The van der Waals surface area contributed by atoms with Crippen LogP contribution in [0.3, 0.4) is 0 Å². The quantitative estimate of drug-likeness (QED) is 0.778. The van der Waals surface area contributed by atoms with Gasteiger partial charge in [-0.3, -0.25) is 5.32 Å². The van der Waals surface area contributed by atoms with Crippen LogP contribution in [0.1, 0.15) is 5.82 Å². The van der Waals surface area contributed by atoms with Gasteiger partial charge in [-0.15, -0.1) is 0 Å². The zero-order chi connectivity index (χ0) is 15.4. The SMILES string of the molecule is Cn1ccnc1CNC(=O)Nc1cc(-c2ccccc2)ns1. The zero-order valence-electron chi connectivity index (χ0n) is 12.0. The van der Waals surface area contributed by atoms with E-state index >= 15 is 0 Å². The van der Waals surface area contributed by atoms with E-state index in [4.69, 9.17) is 0 Å². The van der Waals surface area contributed by atoms with Crippen LogP contribution in [0.5, 0.6) is 0 Å². The van der Waals surface area contributed by atoms with E-state index in [1.807, 2.05) is 54.2 Å². The zero-order valence-corrected chi connectivity index (χ0v) is 12.8. The van der Waals surface area contributed by atoms with Crippen LogP contribution in [-0.2, 0) is 13.6 Å². The van der Waals surface area contributed by atoms with E-state index < -0.39 is 0 Å². The topological polar surface area (TPSA) is 71.8 Å². The van der Waals surface area contributed by atoms with E-state index in [2.05, 4.69) is 20.0 Å². The van der Waals surface area contributed by atoms with Gasteiger partial charge in [-0.2, -0.15) is 4.37 Å². The van der Waals surface area contributed by atoms with Gasteiger partial charge < -0.3 is 9.88 Å². The van der Waals surface area contributed by atoms with Gasteiger partial charge in [0, 0.05) is 31.1 Å². The number of benzene rings is 1. The van der Waals surface area contributed by atoms with Gasteiger partial charge >= 0.3 is 6.03 Å². The third-order valence-corrected chi connectivity index (χ3v) is 3.85. The normalized spacial score (nSPS) is 10.4. The average molecular weight is 313 g/mol. The fourth-order valence-corrected chi connectivity index (χ4v) is 2.62. The Bertz CT molecular complexity index is 765. The van der Waals surface area contributed by atoms with Gasteiger partial charge in [0.05, 0.1) is 12.2 Å². The fraction of sp³-hybridized carbons (Fsp3) is 0.133. The summed E-state index contributed by atoms with van der Waals surface area (Å²) in [6, 6.07) is 11.4. The summed E-state index contributed by atoms with van der Waals surface area (Å²) < 4.78 is 6.21. The first kappa shape index (κ1) is 14.3. The minimum absolute atomic E-state index is 0.272. The number of carbonyl (C=O) groups excluding carboxylic acids is 1. The summed E-state index contributed by atoms with van der Waals surface area (Å²) >= 11 is 1.26. The van der Waals surface area contributed by atoms with Crippen molar-refractivity contribution >= 4 is 22.6 Å². The lowest BCUT2D eigenvalue weighted by Gasteiger charge is -2.05. The highest BCUT2D eigenvalue weighted by Crippen LogP contribution is 2.24. The van der Waals surface area contributed by atoms with Crippen LogP contribution in [-0.4, -0.2) is 20.0 Å². The van der Waals surface area contributed by atoms with Crippen molar-refractivity contribution in [2.75, 3.05) is 5.32 Å². The molecule has 0 unspecified atom stereocenters. The Kier molecular flexibility index (Phi) is 4.15. The van der Waals surface area contributed by atoms with Gasteiger partial charge in [0.25, 0.3) is 0 Å². The standard InChI is InChI=1S/C15H15N5OS/c1-20-8-7-16-13(20)10-17-15(21)18-14-9-12(19-22-14)11-5-3-2-4-6-11/h2-9H,10H2,1H3,(H2,17,18,21). The maximum absolute atomic E-state index is 11.9. The maximum atomic E-state index is 11.9. The first-order valence-corrected chi connectivity index (χ1v) is 7.53. The Morgan fingerprint density at radius 1 is 1.32 bits per heavy atom. The van der Waals surface area contributed by atoms with Crippen molar-refractivity contribution in [3.05, 3.63) is 54.6 Å². The predicted molar refractivity (Wildman–Crippen MR) is 86.6 cm³/mol. The van der Waals surface area contributed by atoms with Crippen molar-refractivity contribution in [2.24, 2.45) is 7.05 Å². The molecule has 0 fully saturated rings. The number of hydrogen-bond donors (Lipinski definition) is 2. The van der Waals surface area contributed by atoms with E-state index in [9.17, 15) is 4.79 Å². The maximum Gasteiger partial charge on any atom is 0.320 e. The number of anilines is 1. The molecule has 6 nitrogen and oxygen atoms in total. The summed E-state index contributed by atoms with van der Waals surface area (Å²) in [4.78, 5) is 16.0. The predicted octanol–water partition coefficient (Wildman–Crippen LogP) is 2.87. The molecule has 0 aliphatic heterocycles. The number of carbonyl (C=O) groups is 1. The number of nitrogens with zero attached hydrogens (tertiary/aromatic N) is 3. The van der Waals surface area contributed by atoms with Crippen LogP contribution in [0.2, 0.25) is 0 Å². The first-order chi connectivity index (χ1) is 10.7. The Hall–Kier alpha value is -2.67. The van der Waals surface area contributed by atoms with Crippen LogP contribution >= 0.6 is 11.5 Å². The molecule has 0 saturated carbocycles. The van der Waals surface area contributed by atoms with E-state index in [1.54, 1.807) is 6.20 Å². The van der Waals surface area contributed by atoms with Crippen molar-refractivity contribution in [3.8, 4) is 11.3 Å². The van der Waals surface area contributed by atoms with Gasteiger partial charge in [0.2, 0.25) is 0 Å². The number of hydrogen-bond acceptors (Lipinski definition) is 4. The highest BCUT2D eigenvalue weighted by atomic mass is 32.1. The first-order valence-electron chi connectivity index (χ1n) is 6.75. The molecule has 1 aromatic carbocycles. The van der Waals surface area contributed by atoms with Crippen molar-refractivity contribution in [2.45, 2.75) is 6.54 Å². The Morgan fingerprint density at radius 2 is 2.14 bits per heavy atom. The molecule has 3 aromatic rings. The molecule has 2 aromatic heterocycles. The minimum Gasteiger partial charge on any atom is -0.337 e. The number of rotatable bonds is 4. The molecule has 2 amide bonds. The third-order valence-electron chi connectivity index (χ3n) is 3.14. The summed E-state index contributed by atoms with van der Waals surface area (Å²) in [6.07, 6.45) is 3.54. The second-order valence-corrected chi connectivity index (χ2v) is 5.51. The number of urea groups is 1. The van der Waals surface area contributed by atoms with Crippen molar-refractivity contribution in [1.29, 1.82) is 0 Å². The lowest BCUT2D eigenvalue weighted by atomic mass is 10.2. The Morgan fingerprint density at radius 3 is 2.86 bits per heavy atom. The second-order valence-electron chi connectivity index (χ2n) is 4.70. The molecule has 0 bridgehead atoms. The summed E-state index contributed by atoms with van der Waals surface area (Å²) in [6.45, 7) is 0.375. The largest absolute Gasteiger partial charge is 0.337 e. The molecule has 0 aliphatic carbocycles. The number of nitrogens with one attached hydrogen (secondary N) is 2. The molecule has 0 atom stereocenters. The van der Waals surface area contributed by atoms with E-state index in [-0.39, 0.29) is 6.03 Å². The van der Waals surface area contributed by atoms with Gasteiger partial charge in [-0.1, -0.05) is 30.3 Å². The van der Waals surface area contributed by atoms with E-state index in [0.29, 0.717) is 11.5 Å². The van der Waals surface area contributed by atoms with E-state index in [1.165, 1.54) is 11.5 Å². The van der Waals surface area contributed by atoms with Gasteiger partial charge in [0.15, 0.2) is 0 Å². The van der Waals surface area contributed by atoms with Gasteiger partial charge in [-0.05, 0) is 11.5 Å². The molecule has 0 radical (unpaired) electrons. The van der Waals surface area contributed by atoms with Crippen molar-refractivity contribution in [1.82, 2.24) is 19.2 Å². The number of aryl methyl sites for hydroxylation is 1.